The minimum Gasteiger partial charge on any atom is -0.449 e. The summed E-state index contributed by atoms with van der Waals surface area (Å²) in [5.74, 6) is 0. The van der Waals surface area contributed by atoms with Gasteiger partial charge in [-0.1, -0.05) is 29.3 Å². The second-order valence-electron chi connectivity index (χ2n) is 3.56. The number of carbonyl (C=O) groups is 1. The van der Waals surface area contributed by atoms with E-state index in [0.29, 0.717) is 26.3 Å². The lowest BCUT2D eigenvalue weighted by atomic mass is 10.3. The summed E-state index contributed by atoms with van der Waals surface area (Å²) >= 11 is 3.35. The molecule has 1 amide bonds. The van der Waals surface area contributed by atoms with Crippen LogP contribution in [-0.2, 0) is 9.47 Å². The molecule has 0 aromatic heterocycles. The lowest BCUT2D eigenvalue weighted by molar-refractivity contribution is -0.0155. The van der Waals surface area contributed by atoms with Crippen molar-refractivity contribution in [3.63, 3.8) is 0 Å². The fourth-order valence-corrected chi connectivity index (χ4v) is 1.77. The van der Waals surface area contributed by atoms with Gasteiger partial charge in [0.15, 0.2) is 0 Å². The Morgan fingerprint density at radius 1 is 1.67 bits per heavy atom. The van der Waals surface area contributed by atoms with E-state index in [1.54, 1.807) is 4.90 Å². The van der Waals surface area contributed by atoms with Gasteiger partial charge in [0.25, 0.3) is 0 Å². The van der Waals surface area contributed by atoms with Crippen molar-refractivity contribution < 1.29 is 14.3 Å². The fraction of sp³-hybridized carbons (Fsp3) is 0.900. The van der Waals surface area contributed by atoms with Gasteiger partial charge in [0.2, 0.25) is 0 Å². The van der Waals surface area contributed by atoms with E-state index in [9.17, 15) is 4.79 Å². The number of morpholine rings is 1. The molecule has 0 spiro atoms. The molecule has 88 valence electrons. The Hall–Kier alpha value is -0.290. The van der Waals surface area contributed by atoms with E-state index in [2.05, 4.69) is 22.9 Å². The summed E-state index contributed by atoms with van der Waals surface area (Å²) in [5.41, 5.74) is 0. The molecule has 0 radical (unpaired) electrons. The van der Waals surface area contributed by atoms with Gasteiger partial charge in [-0.15, -0.1) is 0 Å². The van der Waals surface area contributed by atoms with E-state index >= 15 is 0 Å². The van der Waals surface area contributed by atoms with Gasteiger partial charge in [-0.25, -0.2) is 4.79 Å². The molecular weight excluding hydrogens is 262 g/mol. The molecule has 0 N–H and O–H groups in total. The van der Waals surface area contributed by atoms with Gasteiger partial charge < -0.3 is 14.4 Å². The van der Waals surface area contributed by atoms with Crippen molar-refractivity contribution in [3.05, 3.63) is 0 Å². The van der Waals surface area contributed by atoms with Gasteiger partial charge in [-0.2, -0.15) is 0 Å². The molecule has 1 aliphatic rings. The molecule has 4 nitrogen and oxygen atoms in total. The quantitative estimate of drug-likeness (QED) is 0.584. The Labute approximate surface area is 99.0 Å². The molecule has 5 heteroatoms. The fourth-order valence-electron chi connectivity index (χ4n) is 1.37. The number of carbonyl (C=O) groups excluding carboxylic acids is 1. The van der Waals surface area contributed by atoms with E-state index < -0.39 is 0 Å². The summed E-state index contributed by atoms with van der Waals surface area (Å²) in [6.07, 6.45) is 1.86. The zero-order valence-electron chi connectivity index (χ0n) is 9.08. The molecule has 1 fully saturated rings. The number of ether oxygens (including phenoxy) is 2. The number of rotatable bonds is 4. The second kappa shape index (κ2) is 7.06. The highest BCUT2D eigenvalue weighted by Gasteiger charge is 2.24. The van der Waals surface area contributed by atoms with Crippen LogP contribution in [0.2, 0.25) is 0 Å². The number of nitrogens with zero attached hydrogens (tertiary/aromatic N) is 1. The standard InChI is InChI=1S/C10H18BrNO3/c1-2-3-5-15-10(13)12-4-6-14-9(7-11)8-12/h9H,2-8H2,1H3/t9-/m1/s1. The summed E-state index contributed by atoms with van der Waals surface area (Å²) in [4.78, 5) is 13.3. The van der Waals surface area contributed by atoms with Gasteiger partial charge in [0.1, 0.15) is 0 Å². The zero-order valence-corrected chi connectivity index (χ0v) is 10.7. The zero-order chi connectivity index (χ0) is 11.1. The summed E-state index contributed by atoms with van der Waals surface area (Å²) in [6.45, 7) is 4.44. The normalized spacial score (nSPS) is 21.5. The topological polar surface area (TPSA) is 38.8 Å². The third-order valence-electron chi connectivity index (χ3n) is 2.29. The van der Waals surface area contributed by atoms with Crippen LogP contribution in [-0.4, -0.2) is 48.7 Å². The summed E-state index contributed by atoms with van der Waals surface area (Å²) in [7, 11) is 0. The smallest absolute Gasteiger partial charge is 0.409 e. The van der Waals surface area contributed by atoms with Gasteiger partial charge in [-0.05, 0) is 6.42 Å². The van der Waals surface area contributed by atoms with E-state index in [1.807, 2.05) is 0 Å². The molecule has 0 aromatic rings. The van der Waals surface area contributed by atoms with Crippen LogP contribution in [0, 0.1) is 0 Å². The molecule has 1 saturated heterocycles. The molecule has 1 heterocycles. The highest BCUT2D eigenvalue weighted by atomic mass is 79.9. The Morgan fingerprint density at radius 3 is 3.13 bits per heavy atom. The second-order valence-corrected chi connectivity index (χ2v) is 4.21. The summed E-state index contributed by atoms with van der Waals surface area (Å²) in [6, 6.07) is 0. The van der Waals surface area contributed by atoms with Crippen LogP contribution in [0.15, 0.2) is 0 Å². The number of unbranched alkanes of at least 4 members (excludes halogenated alkanes) is 1. The molecule has 15 heavy (non-hydrogen) atoms. The largest absolute Gasteiger partial charge is 0.449 e. The monoisotopic (exact) mass is 279 g/mol. The van der Waals surface area contributed by atoms with Crippen molar-refractivity contribution in [2.75, 3.05) is 31.6 Å². The van der Waals surface area contributed by atoms with Crippen LogP contribution in [0.3, 0.4) is 0 Å². The van der Waals surface area contributed by atoms with Crippen LogP contribution in [0.5, 0.6) is 0 Å². The lowest BCUT2D eigenvalue weighted by Crippen LogP contribution is -2.46. The molecular formula is C10H18BrNO3. The molecule has 1 atom stereocenters. The number of hydrogen-bond acceptors (Lipinski definition) is 3. The van der Waals surface area contributed by atoms with E-state index in [1.165, 1.54) is 0 Å². The highest BCUT2D eigenvalue weighted by molar-refractivity contribution is 9.09. The Kier molecular flexibility index (Phi) is 6.02. The third-order valence-corrected chi connectivity index (χ3v) is 3.01. The Bertz CT molecular complexity index is 201. The van der Waals surface area contributed by atoms with Gasteiger partial charge in [0.05, 0.1) is 25.9 Å². The van der Waals surface area contributed by atoms with Crippen LogP contribution < -0.4 is 0 Å². The maximum absolute atomic E-state index is 11.6. The van der Waals surface area contributed by atoms with Crippen LogP contribution in [0.25, 0.3) is 0 Å². The van der Waals surface area contributed by atoms with E-state index in [4.69, 9.17) is 9.47 Å². The van der Waals surface area contributed by atoms with Crippen molar-refractivity contribution >= 4 is 22.0 Å². The number of hydrogen-bond donors (Lipinski definition) is 0. The number of alkyl halides is 1. The maximum atomic E-state index is 11.6. The predicted molar refractivity (Wildman–Crippen MR) is 61.4 cm³/mol. The minimum absolute atomic E-state index is 0.0949. The van der Waals surface area contributed by atoms with Gasteiger partial charge >= 0.3 is 6.09 Å². The van der Waals surface area contributed by atoms with Gasteiger partial charge in [-0.3, -0.25) is 0 Å². The molecule has 1 rings (SSSR count). The Balaban J connectivity index is 2.25. The SMILES string of the molecule is CCCCOC(=O)N1CCO[C@H](CBr)C1. The first-order valence-corrected chi connectivity index (χ1v) is 6.49. The summed E-state index contributed by atoms with van der Waals surface area (Å²) in [5, 5.41) is 0.756. The van der Waals surface area contributed by atoms with E-state index in [-0.39, 0.29) is 12.2 Å². The maximum Gasteiger partial charge on any atom is 0.409 e. The molecule has 0 unspecified atom stereocenters. The molecule has 0 aliphatic carbocycles. The lowest BCUT2D eigenvalue weighted by Gasteiger charge is -2.31. The van der Waals surface area contributed by atoms with Crippen molar-refractivity contribution in [2.45, 2.75) is 25.9 Å². The molecule has 0 aromatic carbocycles. The van der Waals surface area contributed by atoms with Crippen molar-refractivity contribution in [1.29, 1.82) is 0 Å². The number of amides is 1. The third kappa shape index (κ3) is 4.38. The van der Waals surface area contributed by atoms with Crippen molar-refractivity contribution in [1.82, 2.24) is 4.90 Å². The number of halogens is 1. The average Bonchev–Trinajstić information content (AvgIpc) is 2.29. The van der Waals surface area contributed by atoms with Crippen LogP contribution in [0.4, 0.5) is 4.79 Å². The van der Waals surface area contributed by atoms with Crippen molar-refractivity contribution in [3.8, 4) is 0 Å². The Morgan fingerprint density at radius 2 is 2.47 bits per heavy atom. The molecule has 0 saturated carbocycles. The van der Waals surface area contributed by atoms with Gasteiger partial charge in [0, 0.05) is 11.9 Å². The van der Waals surface area contributed by atoms with Crippen LogP contribution in [0.1, 0.15) is 19.8 Å². The molecule has 1 aliphatic heterocycles. The first-order chi connectivity index (χ1) is 7.27. The van der Waals surface area contributed by atoms with Crippen molar-refractivity contribution in [2.24, 2.45) is 0 Å². The minimum atomic E-state index is -0.210. The van der Waals surface area contributed by atoms with Crippen LogP contribution >= 0.6 is 15.9 Å². The summed E-state index contributed by atoms with van der Waals surface area (Å²) < 4.78 is 10.6. The molecule has 0 bridgehead atoms. The first-order valence-electron chi connectivity index (χ1n) is 5.37. The highest BCUT2D eigenvalue weighted by Crippen LogP contribution is 2.09. The average molecular weight is 280 g/mol. The predicted octanol–water partition coefficient (Wildman–Crippen LogP) is 2.02. The first kappa shape index (κ1) is 12.8. The van der Waals surface area contributed by atoms with E-state index in [0.717, 1.165) is 18.2 Å².